The molecule has 0 saturated heterocycles. The molecule has 3 rings (SSSR count). The van der Waals surface area contributed by atoms with Crippen LogP contribution in [0.3, 0.4) is 0 Å². The summed E-state index contributed by atoms with van der Waals surface area (Å²) >= 11 is 0. The summed E-state index contributed by atoms with van der Waals surface area (Å²) in [6.07, 6.45) is 3.58. The van der Waals surface area contributed by atoms with Crippen molar-refractivity contribution in [1.82, 2.24) is 26.3 Å². The average Bonchev–Trinajstić information content (AvgIpc) is 3.36. The Bertz CT molecular complexity index is 1480. The number of H-pyrrole nitrogens is 1. The minimum Gasteiger partial charge on any atom is -0.467 e. The molecule has 1 aromatic heterocycles. The maximum Gasteiger partial charge on any atom is 0.328 e. The van der Waals surface area contributed by atoms with E-state index in [0.717, 1.165) is 45.8 Å². The summed E-state index contributed by atoms with van der Waals surface area (Å²) in [6, 6.07) is 9.36. The van der Waals surface area contributed by atoms with Crippen molar-refractivity contribution in [1.29, 1.82) is 5.41 Å². The minimum absolute atomic E-state index is 0.188. The second kappa shape index (κ2) is 16.3. The van der Waals surface area contributed by atoms with Crippen LogP contribution >= 0.6 is 0 Å². The van der Waals surface area contributed by atoms with Gasteiger partial charge >= 0.3 is 5.97 Å². The summed E-state index contributed by atoms with van der Waals surface area (Å²) in [5.74, 6) is -2.25. The quantitative estimate of drug-likeness (QED) is 0.0563. The minimum atomic E-state index is -1.02. The van der Waals surface area contributed by atoms with Crippen LogP contribution in [0.15, 0.2) is 36.4 Å². The van der Waals surface area contributed by atoms with Crippen LogP contribution < -0.4 is 27.0 Å². The molecule has 3 unspecified atom stereocenters. The van der Waals surface area contributed by atoms with Gasteiger partial charge in [0.25, 0.3) is 0 Å². The van der Waals surface area contributed by atoms with E-state index in [1.165, 1.54) is 14.0 Å². The first-order valence-electron chi connectivity index (χ1n) is 15.1. The molecule has 0 radical (unpaired) electrons. The molecule has 0 aliphatic rings. The number of aromatic amines is 1. The molecule has 1 heterocycles. The lowest BCUT2D eigenvalue weighted by molar-refractivity contribution is -0.145. The number of fused-ring (bicyclic) bond motifs is 3. The zero-order chi connectivity index (χ0) is 32.2. The maximum absolute atomic E-state index is 13.8. The number of amides is 3. The number of carbonyl (C=O) groups is 4. The lowest BCUT2D eigenvalue weighted by Gasteiger charge is -2.25. The summed E-state index contributed by atoms with van der Waals surface area (Å²) in [6.45, 7) is 5.64. The van der Waals surface area contributed by atoms with Gasteiger partial charge < -0.3 is 36.7 Å². The molecule has 238 valence electrons. The zero-order valence-corrected chi connectivity index (χ0v) is 26.0. The Hall–Kier alpha value is -4.61. The predicted octanol–water partition coefficient (Wildman–Crippen LogP) is 2.53. The Morgan fingerprint density at radius 2 is 1.64 bits per heavy atom. The highest BCUT2D eigenvalue weighted by Crippen LogP contribution is 2.30. The number of nitrogens with one attached hydrogen (secondary N) is 6. The van der Waals surface area contributed by atoms with E-state index in [0.29, 0.717) is 25.8 Å². The Morgan fingerprint density at radius 3 is 2.30 bits per heavy atom. The summed E-state index contributed by atoms with van der Waals surface area (Å²) < 4.78 is 4.84. The second-order valence-electron chi connectivity index (χ2n) is 11.0. The number of guanidine groups is 1. The molecule has 0 aliphatic carbocycles. The molecule has 12 nitrogen and oxygen atoms in total. The number of carbonyl (C=O) groups excluding carboxylic acids is 4. The average molecular weight is 608 g/mol. The van der Waals surface area contributed by atoms with Gasteiger partial charge in [0.05, 0.1) is 7.11 Å². The van der Waals surface area contributed by atoms with E-state index in [-0.39, 0.29) is 24.7 Å². The molecule has 0 spiro atoms. The predicted molar refractivity (Wildman–Crippen MR) is 171 cm³/mol. The van der Waals surface area contributed by atoms with Crippen LogP contribution in [-0.2, 0) is 36.8 Å². The van der Waals surface area contributed by atoms with Crippen LogP contribution in [0.4, 0.5) is 0 Å². The van der Waals surface area contributed by atoms with Crippen molar-refractivity contribution in [2.45, 2.75) is 83.8 Å². The van der Waals surface area contributed by atoms with Gasteiger partial charge in [0.2, 0.25) is 17.7 Å². The van der Waals surface area contributed by atoms with Gasteiger partial charge in [0.1, 0.15) is 18.1 Å². The van der Waals surface area contributed by atoms with E-state index >= 15 is 0 Å². The van der Waals surface area contributed by atoms with Crippen molar-refractivity contribution in [3.63, 3.8) is 0 Å². The van der Waals surface area contributed by atoms with E-state index in [2.05, 4.69) is 51.4 Å². The van der Waals surface area contributed by atoms with Crippen molar-refractivity contribution in [3.05, 3.63) is 47.5 Å². The summed E-state index contributed by atoms with van der Waals surface area (Å²) in [7, 11) is 1.25. The molecule has 0 saturated carbocycles. The molecular formula is C32H45N7O5. The first-order chi connectivity index (χ1) is 21.1. The van der Waals surface area contributed by atoms with Crippen LogP contribution in [0.25, 0.3) is 21.8 Å². The van der Waals surface area contributed by atoms with E-state index < -0.39 is 35.9 Å². The number of nitrogens with two attached hydrogens (primary N) is 1. The van der Waals surface area contributed by atoms with Gasteiger partial charge in [0.15, 0.2) is 5.96 Å². The first kappa shape index (κ1) is 33.9. The molecule has 2 aromatic carbocycles. The fourth-order valence-corrected chi connectivity index (χ4v) is 5.38. The molecule has 44 heavy (non-hydrogen) atoms. The van der Waals surface area contributed by atoms with Gasteiger partial charge in [-0.1, -0.05) is 51.0 Å². The highest BCUT2D eigenvalue weighted by atomic mass is 16.5. The first-order valence-corrected chi connectivity index (χ1v) is 15.1. The van der Waals surface area contributed by atoms with Crippen molar-refractivity contribution < 1.29 is 23.9 Å². The van der Waals surface area contributed by atoms with E-state index in [1.807, 2.05) is 25.1 Å². The van der Waals surface area contributed by atoms with Crippen molar-refractivity contribution in [2.24, 2.45) is 5.73 Å². The standard InChI is InChI=1S/C32H45N7O5/c1-5-10-20-16-21(28-23(17-20)22-12-7-8-13-24(22)37-28)18-27(36-19(3)40)30(42)38-25(14-9-15-35-32(33)34)29(41)39-26(11-6-2)31(43)44-4/h7-8,12-13,16-17,25-27,37H,5-6,9-11,14-15,18H2,1-4H3,(H,36,40)(H,38,42)(H,39,41)(H4,33,34,35). The molecule has 0 fully saturated rings. The molecular weight excluding hydrogens is 562 g/mol. The molecule has 3 atom stereocenters. The molecule has 0 bridgehead atoms. The highest BCUT2D eigenvalue weighted by molar-refractivity contribution is 6.08. The molecule has 3 aromatic rings. The Kier molecular flexibility index (Phi) is 12.5. The van der Waals surface area contributed by atoms with Crippen LogP contribution in [0.5, 0.6) is 0 Å². The summed E-state index contributed by atoms with van der Waals surface area (Å²) in [4.78, 5) is 55.2. The van der Waals surface area contributed by atoms with E-state index in [4.69, 9.17) is 15.9 Å². The maximum atomic E-state index is 13.8. The number of methoxy groups -OCH3 is 1. The second-order valence-corrected chi connectivity index (χ2v) is 11.0. The van der Waals surface area contributed by atoms with Crippen LogP contribution in [0, 0.1) is 5.41 Å². The number of rotatable bonds is 16. The smallest absolute Gasteiger partial charge is 0.328 e. The van der Waals surface area contributed by atoms with Gasteiger partial charge in [-0.15, -0.1) is 0 Å². The van der Waals surface area contributed by atoms with Crippen LogP contribution in [0.2, 0.25) is 0 Å². The number of para-hydroxylation sites is 1. The van der Waals surface area contributed by atoms with Gasteiger partial charge in [-0.05, 0) is 48.9 Å². The van der Waals surface area contributed by atoms with Crippen molar-refractivity contribution in [3.8, 4) is 0 Å². The fourth-order valence-electron chi connectivity index (χ4n) is 5.38. The fraction of sp³-hybridized carbons (Fsp3) is 0.469. The third kappa shape index (κ3) is 9.19. The zero-order valence-electron chi connectivity index (χ0n) is 26.0. The van der Waals surface area contributed by atoms with Crippen molar-refractivity contribution >= 4 is 51.5 Å². The SMILES string of the molecule is CCCc1cc(CC(NC(C)=O)C(=O)NC(CCCNC(=N)N)C(=O)NC(CCC)C(=O)OC)c2[nH]c3ccccc3c2c1. The Morgan fingerprint density at radius 1 is 0.932 bits per heavy atom. The summed E-state index contributed by atoms with van der Waals surface area (Å²) in [5.41, 5.74) is 9.24. The molecule has 0 aliphatic heterocycles. The molecule has 8 N–H and O–H groups in total. The van der Waals surface area contributed by atoms with Gasteiger partial charge in [-0.3, -0.25) is 19.8 Å². The third-order valence-corrected chi connectivity index (χ3v) is 7.41. The third-order valence-electron chi connectivity index (χ3n) is 7.41. The normalized spacial score (nSPS) is 13.1. The van der Waals surface area contributed by atoms with Gasteiger partial charge in [-0.2, -0.15) is 0 Å². The van der Waals surface area contributed by atoms with Crippen LogP contribution in [0.1, 0.15) is 64.0 Å². The lowest BCUT2D eigenvalue weighted by Crippen LogP contribution is -2.56. The summed E-state index contributed by atoms with van der Waals surface area (Å²) in [5, 5.41) is 20.5. The number of hydrogen-bond acceptors (Lipinski definition) is 6. The Balaban J connectivity index is 1.92. The number of hydrogen-bond donors (Lipinski definition) is 7. The van der Waals surface area contributed by atoms with Gasteiger partial charge in [0, 0.05) is 41.7 Å². The number of benzene rings is 2. The van der Waals surface area contributed by atoms with Crippen LogP contribution in [-0.4, -0.2) is 66.4 Å². The number of aryl methyl sites for hydroxylation is 1. The lowest BCUT2D eigenvalue weighted by atomic mass is 9.96. The van der Waals surface area contributed by atoms with E-state index in [9.17, 15) is 19.2 Å². The molecule has 12 heteroatoms. The number of aromatic nitrogens is 1. The largest absolute Gasteiger partial charge is 0.467 e. The molecule has 3 amide bonds. The number of esters is 1. The topological polar surface area (TPSA) is 191 Å². The number of ether oxygens (including phenoxy) is 1. The Labute approximate surface area is 257 Å². The van der Waals surface area contributed by atoms with Gasteiger partial charge in [-0.25, -0.2) is 4.79 Å². The monoisotopic (exact) mass is 607 g/mol. The van der Waals surface area contributed by atoms with Crippen molar-refractivity contribution in [2.75, 3.05) is 13.7 Å². The van der Waals surface area contributed by atoms with E-state index in [1.54, 1.807) is 0 Å². The highest BCUT2D eigenvalue weighted by Gasteiger charge is 2.30.